The second kappa shape index (κ2) is 9.67. The molecular weight excluding hydrogens is 484 g/mol. The summed E-state index contributed by atoms with van der Waals surface area (Å²) in [7, 11) is 1.68. The summed E-state index contributed by atoms with van der Waals surface area (Å²) >= 11 is 1.40. The Morgan fingerprint density at radius 1 is 0.973 bits per heavy atom. The van der Waals surface area contributed by atoms with Crippen LogP contribution in [0, 0.1) is 6.92 Å². The molecule has 1 amide bonds. The quantitative estimate of drug-likeness (QED) is 0.351. The highest BCUT2D eigenvalue weighted by Gasteiger charge is 2.25. The lowest BCUT2D eigenvalue weighted by atomic mass is 10.1. The number of aromatic nitrogens is 3. The number of thiophene rings is 1. The van der Waals surface area contributed by atoms with Gasteiger partial charge in [-0.1, -0.05) is 18.2 Å². The van der Waals surface area contributed by atoms with Crippen LogP contribution in [-0.4, -0.2) is 54.1 Å². The molecule has 0 saturated carbocycles. The van der Waals surface area contributed by atoms with Gasteiger partial charge in [-0.3, -0.25) is 9.78 Å². The zero-order chi connectivity index (χ0) is 25.4. The molecule has 4 heterocycles. The number of hydrogen-bond donors (Lipinski definition) is 1. The lowest BCUT2D eigenvalue weighted by Gasteiger charge is -2.37. The van der Waals surface area contributed by atoms with Gasteiger partial charge in [0, 0.05) is 37.3 Å². The van der Waals surface area contributed by atoms with Crippen molar-refractivity contribution >= 4 is 55.6 Å². The number of carbonyl (C=O) groups excluding carboxylic acids is 1. The standard InChI is InChI=1S/C28H26N6O2S/c1-18-24-26(34-13-11-33(12-14-34)21-7-9-22(36-2)10-8-21)30-17-31-28(24)37-25(18)27(35)32-20-15-19-5-3-4-6-23(19)29-16-20/h3-10,15-17H,11-14H2,1-2H3,(H,32,35). The molecule has 9 heteroatoms. The summed E-state index contributed by atoms with van der Waals surface area (Å²) in [6, 6.07) is 18.0. The maximum atomic E-state index is 13.3. The van der Waals surface area contributed by atoms with Gasteiger partial charge < -0.3 is 19.9 Å². The lowest BCUT2D eigenvalue weighted by molar-refractivity contribution is 0.103. The Bertz CT molecular complexity index is 1590. The monoisotopic (exact) mass is 510 g/mol. The molecule has 5 aromatic rings. The highest BCUT2D eigenvalue weighted by Crippen LogP contribution is 2.36. The van der Waals surface area contributed by atoms with E-state index < -0.39 is 0 Å². The largest absolute Gasteiger partial charge is 0.497 e. The molecule has 186 valence electrons. The van der Waals surface area contributed by atoms with Crippen molar-refractivity contribution in [3.63, 3.8) is 0 Å². The van der Waals surface area contributed by atoms with Gasteiger partial charge in [-0.15, -0.1) is 11.3 Å². The Balaban J connectivity index is 1.22. The molecule has 6 rings (SSSR count). The van der Waals surface area contributed by atoms with Crippen LogP contribution in [0.1, 0.15) is 15.2 Å². The maximum Gasteiger partial charge on any atom is 0.266 e. The first kappa shape index (κ1) is 23.2. The molecule has 3 aromatic heterocycles. The van der Waals surface area contributed by atoms with Gasteiger partial charge in [0.05, 0.1) is 34.8 Å². The van der Waals surface area contributed by atoms with E-state index in [9.17, 15) is 4.79 Å². The summed E-state index contributed by atoms with van der Waals surface area (Å²) in [6.45, 7) is 5.40. The van der Waals surface area contributed by atoms with Crippen molar-refractivity contribution in [2.45, 2.75) is 6.92 Å². The van der Waals surface area contributed by atoms with Gasteiger partial charge in [0.25, 0.3) is 5.91 Å². The van der Waals surface area contributed by atoms with Crippen LogP contribution in [0.25, 0.3) is 21.1 Å². The second-order valence-corrected chi connectivity index (χ2v) is 9.98. The molecule has 2 aromatic carbocycles. The molecule has 0 atom stereocenters. The smallest absolute Gasteiger partial charge is 0.266 e. The fraction of sp³-hybridized carbons (Fsp3) is 0.214. The summed E-state index contributed by atoms with van der Waals surface area (Å²) in [6.07, 6.45) is 3.29. The predicted octanol–water partition coefficient (Wildman–Crippen LogP) is 5.14. The van der Waals surface area contributed by atoms with Crippen molar-refractivity contribution in [2.24, 2.45) is 0 Å². The van der Waals surface area contributed by atoms with E-state index in [-0.39, 0.29) is 5.91 Å². The highest BCUT2D eigenvalue weighted by atomic mass is 32.1. The summed E-state index contributed by atoms with van der Waals surface area (Å²) in [5.41, 5.74) is 3.65. The lowest BCUT2D eigenvalue weighted by Crippen LogP contribution is -2.46. The number of amides is 1. The number of ether oxygens (including phenoxy) is 1. The molecule has 0 radical (unpaired) electrons. The molecule has 0 unspecified atom stereocenters. The number of para-hydroxylation sites is 1. The number of anilines is 3. The number of pyridine rings is 1. The van der Waals surface area contributed by atoms with E-state index in [1.54, 1.807) is 19.6 Å². The summed E-state index contributed by atoms with van der Waals surface area (Å²) in [4.78, 5) is 33.0. The number of nitrogens with one attached hydrogen (secondary N) is 1. The Kier molecular flexibility index (Phi) is 6.05. The molecule has 1 saturated heterocycles. The fourth-order valence-electron chi connectivity index (χ4n) is 4.81. The van der Waals surface area contributed by atoms with Crippen LogP contribution in [0.4, 0.5) is 17.2 Å². The minimum absolute atomic E-state index is 0.159. The van der Waals surface area contributed by atoms with Crippen molar-refractivity contribution in [1.82, 2.24) is 15.0 Å². The van der Waals surface area contributed by atoms with E-state index in [1.165, 1.54) is 17.0 Å². The molecule has 1 N–H and O–H groups in total. The van der Waals surface area contributed by atoms with Crippen molar-refractivity contribution in [3.05, 3.63) is 77.6 Å². The van der Waals surface area contributed by atoms with Crippen LogP contribution in [0.15, 0.2) is 67.1 Å². The molecule has 1 aliphatic heterocycles. The van der Waals surface area contributed by atoms with E-state index in [1.807, 2.05) is 49.4 Å². The van der Waals surface area contributed by atoms with E-state index in [2.05, 4.69) is 42.2 Å². The fourth-order valence-corrected chi connectivity index (χ4v) is 5.84. The van der Waals surface area contributed by atoms with Crippen LogP contribution in [0.5, 0.6) is 5.75 Å². The Labute approximate surface area is 218 Å². The van der Waals surface area contributed by atoms with Crippen molar-refractivity contribution in [2.75, 3.05) is 48.4 Å². The number of carbonyl (C=O) groups is 1. The van der Waals surface area contributed by atoms with Gasteiger partial charge in [0.15, 0.2) is 0 Å². The topological polar surface area (TPSA) is 83.5 Å². The van der Waals surface area contributed by atoms with Crippen molar-refractivity contribution < 1.29 is 9.53 Å². The van der Waals surface area contributed by atoms with E-state index >= 15 is 0 Å². The van der Waals surface area contributed by atoms with Crippen LogP contribution < -0.4 is 19.9 Å². The van der Waals surface area contributed by atoms with Gasteiger partial charge >= 0.3 is 0 Å². The van der Waals surface area contributed by atoms with Crippen LogP contribution in [-0.2, 0) is 0 Å². The van der Waals surface area contributed by atoms with Crippen LogP contribution >= 0.6 is 11.3 Å². The average molecular weight is 511 g/mol. The van der Waals surface area contributed by atoms with Crippen molar-refractivity contribution in [1.29, 1.82) is 0 Å². The van der Waals surface area contributed by atoms with Gasteiger partial charge in [0.1, 0.15) is 22.7 Å². The molecular formula is C28H26N6O2S. The van der Waals surface area contributed by atoms with Crippen LogP contribution in [0.2, 0.25) is 0 Å². The summed E-state index contributed by atoms with van der Waals surface area (Å²) < 4.78 is 5.28. The van der Waals surface area contributed by atoms with Gasteiger partial charge in [-0.2, -0.15) is 0 Å². The highest BCUT2D eigenvalue weighted by molar-refractivity contribution is 7.20. The first-order chi connectivity index (χ1) is 18.1. The third kappa shape index (κ3) is 4.42. The molecule has 1 fully saturated rings. The van der Waals surface area contributed by atoms with Gasteiger partial charge in [0.2, 0.25) is 0 Å². The SMILES string of the molecule is COc1ccc(N2CCN(c3ncnc4sc(C(=O)Nc5cnc6ccccc6c5)c(C)c34)CC2)cc1. The molecule has 0 bridgehead atoms. The van der Waals surface area contributed by atoms with E-state index in [0.717, 1.165) is 64.4 Å². The second-order valence-electron chi connectivity index (χ2n) is 8.98. The molecule has 8 nitrogen and oxygen atoms in total. The number of nitrogens with zero attached hydrogens (tertiary/aromatic N) is 5. The summed E-state index contributed by atoms with van der Waals surface area (Å²) in [5.74, 6) is 1.59. The number of methoxy groups -OCH3 is 1. The number of aryl methyl sites for hydroxylation is 1. The molecule has 0 spiro atoms. The number of fused-ring (bicyclic) bond motifs is 2. The third-order valence-corrected chi connectivity index (χ3v) is 7.98. The van der Waals surface area contributed by atoms with Gasteiger partial charge in [-0.25, -0.2) is 9.97 Å². The molecule has 1 aliphatic rings. The molecule has 37 heavy (non-hydrogen) atoms. The minimum Gasteiger partial charge on any atom is -0.497 e. The Morgan fingerprint density at radius 3 is 2.51 bits per heavy atom. The van der Waals surface area contributed by atoms with E-state index in [4.69, 9.17) is 4.74 Å². The number of piperazine rings is 1. The zero-order valence-electron chi connectivity index (χ0n) is 20.6. The maximum absolute atomic E-state index is 13.3. The normalized spacial score (nSPS) is 13.8. The summed E-state index contributed by atoms with van der Waals surface area (Å²) in [5, 5.41) is 4.95. The number of benzene rings is 2. The Morgan fingerprint density at radius 2 is 1.73 bits per heavy atom. The number of hydrogen-bond acceptors (Lipinski definition) is 8. The predicted molar refractivity (Wildman–Crippen MR) is 149 cm³/mol. The third-order valence-electron chi connectivity index (χ3n) is 6.78. The first-order valence-corrected chi connectivity index (χ1v) is 13.0. The first-order valence-electron chi connectivity index (χ1n) is 12.1. The van der Waals surface area contributed by atoms with Crippen molar-refractivity contribution in [3.8, 4) is 5.75 Å². The Hall–Kier alpha value is -4.24. The van der Waals surface area contributed by atoms with Gasteiger partial charge in [-0.05, 0) is 48.9 Å². The number of rotatable bonds is 5. The zero-order valence-corrected chi connectivity index (χ0v) is 21.5. The minimum atomic E-state index is -0.159. The van der Waals surface area contributed by atoms with E-state index in [0.29, 0.717) is 10.6 Å². The average Bonchev–Trinajstić information content (AvgIpc) is 3.30. The van der Waals surface area contributed by atoms with Crippen LogP contribution in [0.3, 0.4) is 0 Å². The molecule has 0 aliphatic carbocycles.